The lowest BCUT2D eigenvalue weighted by molar-refractivity contribution is 0.0965. The van der Waals surface area contributed by atoms with E-state index in [1.165, 1.54) is 7.05 Å². The third kappa shape index (κ3) is 1.85. The molecule has 15 heavy (non-hydrogen) atoms. The van der Waals surface area contributed by atoms with E-state index in [2.05, 4.69) is 5.32 Å². The monoisotopic (exact) mass is 189 g/mol. The Labute approximate surface area is 94.8 Å². The van der Waals surface area contributed by atoms with Crippen LogP contribution in [-0.2, 0) is 0 Å². The molecular weight excluding hydrogens is 181 g/mol. The Morgan fingerprint density at radius 1 is 1.00 bits per heavy atom. The second kappa shape index (κ2) is 4.21. The first-order chi connectivity index (χ1) is 6.91. The number of rotatable bonds is 1. The molecule has 0 aliphatic carbocycles. The van der Waals surface area contributed by atoms with Crippen LogP contribution in [0.2, 0.25) is 0 Å². The molecule has 0 saturated heterocycles. The van der Waals surface area contributed by atoms with E-state index in [4.69, 9.17) is 31.4 Å². The molecule has 0 spiro atoms. The SMILES string of the molecule is [B]c1c([B])c(C(=O)NC)c([B])c([B])c1C. The van der Waals surface area contributed by atoms with Gasteiger partial charge in [-0.05, 0) is 6.92 Å². The Balaban J connectivity index is 3.60. The maximum Gasteiger partial charge on any atom is 0.249 e. The summed E-state index contributed by atoms with van der Waals surface area (Å²) in [5, 5.41) is 2.43. The fraction of sp³-hybridized carbons (Fsp3) is 0.222. The van der Waals surface area contributed by atoms with E-state index in [1.54, 1.807) is 6.92 Å². The van der Waals surface area contributed by atoms with Crippen molar-refractivity contribution in [2.75, 3.05) is 7.05 Å². The molecule has 1 amide bonds. The van der Waals surface area contributed by atoms with Crippen molar-refractivity contribution in [3.05, 3.63) is 11.1 Å². The van der Waals surface area contributed by atoms with E-state index in [-0.39, 0.29) is 16.5 Å². The third-order valence-corrected chi connectivity index (χ3v) is 2.38. The van der Waals surface area contributed by atoms with Crippen LogP contribution in [0.5, 0.6) is 0 Å². The van der Waals surface area contributed by atoms with Gasteiger partial charge in [-0.1, -0.05) is 16.5 Å². The van der Waals surface area contributed by atoms with Gasteiger partial charge in [0.05, 0.1) is 0 Å². The summed E-state index contributed by atoms with van der Waals surface area (Å²) in [6.07, 6.45) is 0. The van der Waals surface area contributed by atoms with Gasteiger partial charge in [0.2, 0.25) is 5.91 Å². The molecule has 66 valence electrons. The van der Waals surface area contributed by atoms with Crippen LogP contribution in [0.25, 0.3) is 0 Å². The van der Waals surface area contributed by atoms with Gasteiger partial charge < -0.3 is 5.32 Å². The number of amides is 1. The van der Waals surface area contributed by atoms with Crippen LogP contribution in [0.3, 0.4) is 0 Å². The fourth-order valence-electron chi connectivity index (χ4n) is 1.33. The molecule has 0 atom stereocenters. The normalized spacial score (nSPS) is 10.0. The summed E-state index contributed by atoms with van der Waals surface area (Å²) in [5.74, 6) is -0.400. The molecule has 0 saturated carbocycles. The van der Waals surface area contributed by atoms with E-state index >= 15 is 0 Å². The van der Waals surface area contributed by atoms with Gasteiger partial charge in [-0.25, -0.2) is 0 Å². The molecule has 8 radical (unpaired) electrons. The quantitative estimate of drug-likeness (QED) is 0.456. The zero-order valence-electron chi connectivity index (χ0n) is 8.72. The molecule has 2 nitrogen and oxygen atoms in total. The third-order valence-electron chi connectivity index (χ3n) is 2.38. The minimum absolute atomic E-state index is 0.137. The van der Waals surface area contributed by atoms with Crippen molar-refractivity contribution in [2.24, 2.45) is 0 Å². The summed E-state index contributed by atoms with van der Waals surface area (Å²) in [4.78, 5) is 11.5. The van der Waals surface area contributed by atoms with Gasteiger partial charge in [0, 0.05) is 12.6 Å². The molecule has 1 aromatic carbocycles. The minimum Gasteiger partial charge on any atom is -0.355 e. The topological polar surface area (TPSA) is 29.1 Å². The zero-order chi connectivity index (χ0) is 11.7. The fourth-order valence-corrected chi connectivity index (χ4v) is 1.33. The van der Waals surface area contributed by atoms with Gasteiger partial charge >= 0.3 is 0 Å². The van der Waals surface area contributed by atoms with Gasteiger partial charge in [-0.3, -0.25) is 4.79 Å². The largest absolute Gasteiger partial charge is 0.355 e. The highest BCUT2D eigenvalue weighted by atomic mass is 16.1. The standard InChI is InChI=1S/C9H7B4NO/c1-3-5(10)7(12)4(9(15)14-2)8(13)6(3)11/h1-2H3,(H,14,15). The van der Waals surface area contributed by atoms with E-state index in [0.29, 0.717) is 16.5 Å². The highest BCUT2D eigenvalue weighted by molar-refractivity contribution is 6.60. The number of hydrogen-bond donors (Lipinski definition) is 1. The molecule has 0 fully saturated rings. The van der Waals surface area contributed by atoms with Crippen molar-refractivity contribution in [3.8, 4) is 0 Å². The lowest BCUT2D eigenvalue weighted by atomic mass is 9.64. The molecule has 0 aliphatic rings. The molecule has 1 rings (SSSR count). The molecule has 0 heterocycles. The summed E-state index contributed by atoms with van der Waals surface area (Å²) < 4.78 is 0. The number of carbonyl (C=O) groups excluding carboxylic acids is 1. The van der Waals surface area contributed by atoms with Gasteiger partial charge in [0.25, 0.3) is 0 Å². The lowest BCUT2D eigenvalue weighted by Crippen LogP contribution is -2.49. The van der Waals surface area contributed by atoms with Crippen LogP contribution in [-0.4, -0.2) is 44.3 Å². The molecule has 0 aromatic heterocycles. The first kappa shape index (κ1) is 12.0. The molecule has 1 aromatic rings. The average molecular weight is 188 g/mol. The van der Waals surface area contributed by atoms with E-state index < -0.39 is 5.91 Å². The number of benzene rings is 1. The predicted octanol–water partition coefficient (Wildman–Crippen LogP) is -3.47. The van der Waals surface area contributed by atoms with Gasteiger partial charge in [-0.2, -0.15) is 0 Å². The van der Waals surface area contributed by atoms with Crippen molar-refractivity contribution < 1.29 is 4.79 Å². The van der Waals surface area contributed by atoms with Crippen molar-refractivity contribution in [1.82, 2.24) is 5.32 Å². The van der Waals surface area contributed by atoms with Gasteiger partial charge in [0.15, 0.2) is 0 Å². The highest BCUT2D eigenvalue weighted by Crippen LogP contribution is 1.91. The summed E-state index contributed by atoms with van der Waals surface area (Å²) >= 11 is 0. The maximum atomic E-state index is 11.5. The van der Waals surface area contributed by atoms with Crippen LogP contribution in [0.1, 0.15) is 15.9 Å². The predicted molar refractivity (Wildman–Crippen MR) is 66.1 cm³/mol. The highest BCUT2D eigenvalue weighted by Gasteiger charge is 2.15. The zero-order valence-corrected chi connectivity index (χ0v) is 8.72. The van der Waals surface area contributed by atoms with E-state index in [0.717, 1.165) is 0 Å². The Hall–Kier alpha value is -1.05. The van der Waals surface area contributed by atoms with Crippen molar-refractivity contribution in [1.29, 1.82) is 0 Å². The van der Waals surface area contributed by atoms with Crippen LogP contribution in [0, 0.1) is 6.92 Å². The molecule has 0 bridgehead atoms. The summed E-state index contributed by atoms with van der Waals surface area (Å²) in [6, 6.07) is 0. The van der Waals surface area contributed by atoms with Gasteiger partial charge in [-0.15, -0.1) is 10.9 Å². The van der Waals surface area contributed by atoms with E-state index in [9.17, 15) is 4.79 Å². The maximum absolute atomic E-state index is 11.5. The van der Waals surface area contributed by atoms with Crippen LogP contribution >= 0.6 is 0 Å². The number of nitrogens with one attached hydrogen (secondary N) is 1. The van der Waals surface area contributed by atoms with Crippen molar-refractivity contribution in [3.63, 3.8) is 0 Å². The Morgan fingerprint density at radius 2 is 1.40 bits per heavy atom. The second-order valence-electron chi connectivity index (χ2n) is 3.23. The molecule has 0 unspecified atom stereocenters. The average Bonchev–Trinajstić information content (AvgIpc) is 2.23. The van der Waals surface area contributed by atoms with Crippen molar-refractivity contribution >= 4 is 59.1 Å². The summed E-state index contributed by atoms with van der Waals surface area (Å²) in [6.45, 7) is 1.70. The smallest absolute Gasteiger partial charge is 0.249 e. The summed E-state index contributed by atoms with van der Waals surface area (Å²) in [7, 11) is 24.3. The molecular formula is C9H7B4NO. The second-order valence-corrected chi connectivity index (χ2v) is 3.23. The minimum atomic E-state index is -0.400. The van der Waals surface area contributed by atoms with Gasteiger partial charge in [0.1, 0.15) is 31.4 Å². The van der Waals surface area contributed by atoms with Crippen LogP contribution in [0.15, 0.2) is 0 Å². The number of carbonyl (C=O) groups is 1. The first-order valence-electron chi connectivity index (χ1n) is 4.36. The van der Waals surface area contributed by atoms with Crippen molar-refractivity contribution in [2.45, 2.75) is 6.92 Å². The summed E-state index contributed by atoms with van der Waals surface area (Å²) in [5.41, 5.74) is 1.65. The molecule has 1 N–H and O–H groups in total. The lowest BCUT2D eigenvalue weighted by Gasteiger charge is -2.19. The van der Waals surface area contributed by atoms with Crippen LogP contribution in [0.4, 0.5) is 0 Å². The molecule has 0 aliphatic heterocycles. The van der Waals surface area contributed by atoms with E-state index in [1.807, 2.05) is 0 Å². The first-order valence-corrected chi connectivity index (χ1v) is 4.36. The number of hydrogen-bond acceptors (Lipinski definition) is 1. The Bertz CT molecular complexity index is 402. The Morgan fingerprint density at radius 3 is 1.73 bits per heavy atom. The molecule has 6 heteroatoms. The van der Waals surface area contributed by atoms with Crippen LogP contribution < -0.4 is 27.2 Å². The Kier molecular flexibility index (Phi) is 3.38.